The molecular formula is C12H21NO6S. The van der Waals surface area contributed by atoms with E-state index in [9.17, 15) is 18.0 Å². The number of rotatable bonds is 5. The van der Waals surface area contributed by atoms with Crippen LogP contribution < -0.4 is 0 Å². The van der Waals surface area contributed by atoms with Gasteiger partial charge in [0, 0.05) is 6.04 Å². The van der Waals surface area contributed by atoms with Crippen molar-refractivity contribution in [2.75, 3.05) is 24.7 Å². The Morgan fingerprint density at radius 3 is 2.35 bits per heavy atom. The van der Waals surface area contributed by atoms with E-state index in [1.807, 2.05) is 0 Å². The Balaban J connectivity index is 2.74. The van der Waals surface area contributed by atoms with E-state index in [-0.39, 0.29) is 24.5 Å². The van der Waals surface area contributed by atoms with Gasteiger partial charge in [0.1, 0.15) is 13.2 Å². The van der Waals surface area contributed by atoms with E-state index in [1.54, 1.807) is 20.8 Å². The number of carboxylic acid groups (broad SMARTS) is 1. The van der Waals surface area contributed by atoms with E-state index < -0.39 is 39.9 Å². The summed E-state index contributed by atoms with van der Waals surface area (Å²) < 4.78 is 28.2. The normalized spacial score (nSPS) is 21.6. The number of hydrogen-bond acceptors (Lipinski definition) is 5. The van der Waals surface area contributed by atoms with Crippen LogP contribution >= 0.6 is 0 Å². The van der Waals surface area contributed by atoms with Gasteiger partial charge >= 0.3 is 5.97 Å². The lowest BCUT2D eigenvalue weighted by Gasteiger charge is -2.28. The second-order valence-electron chi connectivity index (χ2n) is 5.87. The summed E-state index contributed by atoms with van der Waals surface area (Å²) in [6.45, 7) is 4.57. The van der Waals surface area contributed by atoms with E-state index in [2.05, 4.69) is 0 Å². The van der Waals surface area contributed by atoms with E-state index in [4.69, 9.17) is 9.84 Å². The minimum atomic E-state index is -3.18. The van der Waals surface area contributed by atoms with Gasteiger partial charge in [-0.05, 0) is 27.2 Å². The second kappa shape index (κ2) is 6.09. The van der Waals surface area contributed by atoms with Crippen LogP contribution in [0.15, 0.2) is 0 Å². The molecule has 1 fully saturated rings. The molecule has 1 aliphatic rings. The molecule has 0 aromatic carbocycles. The predicted molar refractivity (Wildman–Crippen MR) is 72.1 cm³/mol. The first kappa shape index (κ1) is 16.9. The van der Waals surface area contributed by atoms with Gasteiger partial charge in [-0.1, -0.05) is 0 Å². The molecule has 1 saturated heterocycles. The van der Waals surface area contributed by atoms with Crippen LogP contribution in [0.2, 0.25) is 0 Å². The Labute approximate surface area is 118 Å². The highest BCUT2D eigenvalue weighted by Gasteiger charge is 2.35. The van der Waals surface area contributed by atoms with Crippen LogP contribution in [0.4, 0.5) is 0 Å². The molecule has 7 nitrogen and oxygen atoms in total. The van der Waals surface area contributed by atoms with E-state index in [0.717, 1.165) is 4.90 Å². The van der Waals surface area contributed by atoms with Crippen molar-refractivity contribution in [1.82, 2.24) is 4.90 Å². The highest BCUT2D eigenvalue weighted by molar-refractivity contribution is 7.91. The number of amides is 1. The van der Waals surface area contributed by atoms with Crippen LogP contribution in [0.25, 0.3) is 0 Å². The van der Waals surface area contributed by atoms with Gasteiger partial charge in [-0.15, -0.1) is 0 Å². The summed E-state index contributed by atoms with van der Waals surface area (Å²) in [4.78, 5) is 24.0. The molecule has 0 aromatic rings. The molecule has 1 aliphatic heterocycles. The van der Waals surface area contributed by atoms with Gasteiger partial charge in [-0.2, -0.15) is 0 Å². The molecule has 0 aliphatic carbocycles. The Kier molecular flexibility index (Phi) is 5.15. The first-order valence-corrected chi connectivity index (χ1v) is 8.18. The molecule has 1 amide bonds. The average Bonchev–Trinajstić information content (AvgIpc) is 2.62. The molecule has 0 bridgehead atoms. The van der Waals surface area contributed by atoms with Gasteiger partial charge in [0.25, 0.3) is 0 Å². The Bertz CT molecular complexity index is 479. The van der Waals surface area contributed by atoms with Gasteiger partial charge < -0.3 is 14.7 Å². The number of carbonyl (C=O) groups is 2. The molecule has 1 rings (SSSR count). The molecule has 0 aromatic heterocycles. The molecule has 20 heavy (non-hydrogen) atoms. The maximum atomic E-state index is 12.1. The van der Waals surface area contributed by atoms with Crippen molar-refractivity contribution in [3.05, 3.63) is 0 Å². The van der Waals surface area contributed by atoms with Crippen LogP contribution in [0.1, 0.15) is 27.2 Å². The van der Waals surface area contributed by atoms with Gasteiger partial charge in [0.15, 0.2) is 9.84 Å². The van der Waals surface area contributed by atoms with Gasteiger partial charge in [0.2, 0.25) is 5.91 Å². The summed E-state index contributed by atoms with van der Waals surface area (Å²) in [7, 11) is -3.18. The zero-order valence-electron chi connectivity index (χ0n) is 12.0. The molecular weight excluding hydrogens is 286 g/mol. The van der Waals surface area contributed by atoms with Gasteiger partial charge in [0.05, 0.1) is 17.1 Å². The predicted octanol–water partition coefficient (Wildman–Crippen LogP) is -0.0982. The smallest absolute Gasteiger partial charge is 0.323 e. The first-order chi connectivity index (χ1) is 9.00. The largest absolute Gasteiger partial charge is 0.480 e. The third kappa shape index (κ3) is 5.46. The van der Waals surface area contributed by atoms with Crippen LogP contribution in [0.5, 0.6) is 0 Å². The molecule has 0 spiro atoms. The number of carboxylic acids is 1. The zero-order chi connectivity index (χ0) is 15.6. The zero-order valence-corrected chi connectivity index (χ0v) is 12.8. The summed E-state index contributed by atoms with van der Waals surface area (Å²) in [6, 6.07) is -0.577. The lowest BCUT2D eigenvalue weighted by molar-refractivity contribution is -0.150. The number of ether oxygens (including phenoxy) is 1. The second-order valence-corrected chi connectivity index (χ2v) is 8.10. The summed E-state index contributed by atoms with van der Waals surface area (Å²) in [5.41, 5.74) is -0.522. The third-order valence-electron chi connectivity index (χ3n) is 2.90. The van der Waals surface area contributed by atoms with Crippen molar-refractivity contribution >= 4 is 21.7 Å². The summed E-state index contributed by atoms with van der Waals surface area (Å²) in [5, 5.41) is 8.87. The fourth-order valence-corrected chi connectivity index (χ4v) is 3.68. The molecule has 1 unspecified atom stereocenters. The molecule has 8 heteroatoms. The monoisotopic (exact) mass is 307 g/mol. The number of nitrogens with zero attached hydrogens (tertiary/aromatic N) is 1. The Morgan fingerprint density at radius 2 is 1.95 bits per heavy atom. The number of sulfone groups is 1. The fraction of sp³-hybridized carbons (Fsp3) is 0.833. The van der Waals surface area contributed by atoms with Crippen molar-refractivity contribution in [3.63, 3.8) is 0 Å². The van der Waals surface area contributed by atoms with Crippen molar-refractivity contribution < 1.29 is 27.9 Å². The molecule has 116 valence electrons. The highest BCUT2D eigenvalue weighted by atomic mass is 32.2. The quantitative estimate of drug-likeness (QED) is 0.761. The topological polar surface area (TPSA) is 101 Å². The number of aliphatic carboxylic acids is 1. The van der Waals surface area contributed by atoms with E-state index in [0.29, 0.717) is 0 Å². The van der Waals surface area contributed by atoms with Gasteiger partial charge in [-0.3, -0.25) is 9.59 Å². The Hall–Kier alpha value is -1.15. The van der Waals surface area contributed by atoms with E-state index >= 15 is 0 Å². The van der Waals surface area contributed by atoms with Crippen LogP contribution in [-0.4, -0.2) is 66.6 Å². The van der Waals surface area contributed by atoms with Crippen molar-refractivity contribution in [1.29, 1.82) is 0 Å². The molecule has 0 radical (unpaired) electrons. The van der Waals surface area contributed by atoms with E-state index in [1.165, 1.54) is 0 Å². The lowest BCUT2D eigenvalue weighted by Crippen LogP contribution is -2.46. The minimum absolute atomic E-state index is 0.0127. The molecule has 1 atom stereocenters. The molecule has 1 N–H and O–H groups in total. The minimum Gasteiger partial charge on any atom is -0.480 e. The Morgan fingerprint density at radius 1 is 1.35 bits per heavy atom. The van der Waals surface area contributed by atoms with Crippen LogP contribution in [0, 0.1) is 0 Å². The van der Waals surface area contributed by atoms with Crippen LogP contribution in [0.3, 0.4) is 0 Å². The lowest BCUT2D eigenvalue weighted by atomic mass is 10.2. The van der Waals surface area contributed by atoms with Crippen LogP contribution in [-0.2, 0) is 24.2 Å². The summed E-state index contributed by atoms with van der Waals surface area (Å²) in [5.74, 6) is -1.86. The maximum Gasteiger partial charge on any atom is 0.323 e. The summed E-state index contributed by atoms with van der Waals surface area (Å²) in [6.07, 6.45) is 0.275. The van der Waals surface area contributed by atoms with Gasteiger partial charge in [-0.25, -0.2) is 8.42 Å². The maximum absolute atomic E-state index is 12.1. The molecule has 1 heterocycles. The third-order valence-corrected chi connectivity index (χ3v) is 4.65. The fourth-order valence-electron chi connectivity index (χ4n) is 1.95. The van der Waals surface area contributed by atoms with Crippen molar-refractivity contribution in [3.8, 4) is 0 Å². The standard InChI is InChI=1S/C12H21NO6S/c1-12(2,3)19-7-10(14)13(6-11(15)16)9-4-5-20(17,18)8-9/h9H,4-8H2,1-3H3,(H,15,16). The highest BCUT2D eigenvalue weighted by Crippen LogP contribution is 2.18. The molecule has 0 saturated carbocycles. The van der Waals surface area contributed by atoms with Crippen molar-refractivity contribution in [2.45, 2.75) is 38.8 Å². The first-order valence-electron chi connectivity index (χ1n) is 6.36. The summed E-state index contributed by atoms with van der Waals surface area (Å²) >= 11 is 0. The average molecular weight is 307 g/mol. The number of hydrogen-bond donors (Lipinski definition) is 1. The van der Waals surface area contributed by atoms with Crippen molar-refractivity contribution in [2.24, 2.45) is 0 Å². The SMILES string of the molecule is CC(C)(C)OCC(=O)N(CC(=O)O)C1CCS(=O)(=O)C1. The number of carbonyl (C=O) groups excluding carboxylic acids is 1.